The zero-order valence-electron chi connectivity index (χ0n) is 9.55. The molecule has 78 valence electrons. The van der Waals surface area contributed by atoms with Gasteiger partial charge < -0.3 is 8.85 Å². The summed E-state index contributed by atoms with van der Waals surface area (Å²) >= 11 is 0. The van der Waals surface area contributed by atoms with E-state index in [9.17, 15) is 0 Å². The highest BCUT2D eigenvalue weighted by Crippen LogP contribution is 2.10. The summed E-state index contributed by atoms with van der Waals surface area (Å²) < 4.78 is 11.0. The van der Waals surface area contributed by atoms with Crippen LogP contribution in [0.5, 0.6) is 0 Å². The molecular formula is C11H18O2Si. The predicted molar refractivity (Wildman–Crippen MR) is 61.2 cm³/mol. The average molecular weight is 210 g/mol. The molecule has 0 bridgehead atoms. The van der Waals surface area contributed by atoms with E-state index in [0.717, 1.165) is 0 Å². The normalized spacial score (nSPS) is 11.8. The molecule has 0 radical (unpaired) electrons. The lowest BCUT2D eigenvalue weighted by Crippen LogP contribution is -2.50. The molecule has 1 aromatic carbocycles. The topological polar surface area (TPSA) is 18.5 Å². The molecule has 14 heavy (non-hydrogen) atoms. The first-order valence-corrected chi connectivity index (χ1v) is 7.03. The number of rotatable bonds is 3. The Kier molecular flexibility index (Phi) is 3.47. The molecule has 0 amide bonds. The molecule has 0 aliphatic carbocycles. The molecule has 1 aromatic rings. The molecule has 3 heteroatoms. The Morgan fingerprint density at radius 2 is 1.64 bits per heavy atom. The van der Waals surface area contributed by atoms with Crippen LogP contribution in [0, 0.1) is 13.8 Å². The van der Waals surface area contributed by atoms with Crippen LogP contribution in [0.3, 0.4) is 0 Å². The van der Waals surface area contributed by atoms with Gasteiger partial charge in [-0.2, -0.15) is 0 Å². The van der Waals surface area contributed by atoms with Crippen molar-refractivity contribution in [3.05, 3.63) is 29.3 Å². The predicted octanol–water partition coefficient (Wildman–Crippen LogP) is 1.88. The molecule has 2 nitrogen and oxygen atoms in total. The third-order valence-electron chi connectivity index (χ3n) is 2.65. The SMILES string of the molecule is CO[Si](C)(OC)c1ccc(C)cc1C. The Balaban J connectivity index is 3.17. The van der Waals surface area contributed by atoms with Crippen LogP contribution in [0.25, 0.3) is 0 Å². The van der Waals surface area contributed by atoms with Gasteiger partial charge >= 0.3 is 8.56 Å². The smallest absolute Gasteiger partial charge is 0.369 e. The van der Waals surface area contributed by atoms with Crippen LogP contribution in [0.15, 0.2) is 18.2 Å². The van der Waals surface area contributed by atoms with Crippen molar-refractivity contribution in [2.75, 3.05) is 14.2 Å². The summed E-state index contributed by atoms with van der Waals surface area (Å²) in [5, 5.41) is 1.22. The Morgan fingerprint density at radius 3 is 2.07 bits per heavy atom. The zero-order chi connectivity index (χ0) is 10.8. The fraction of sp³-hybridized carbons (Fsp3) is 0.455. The summed E-state index contributed by atoms with van der Waals surface area (Å²) in [5.41, 5.74) is 2.53. The van der Waals surface area contributed by atoms with Crippen LogP contribution >= 0.6 is 0 Å². The van der Waals surface area contributed by atoms with E-state index >= 15 is 0 Å². The van der Waals surface area contributed by atoms with E-state index < -0.39 is 8.56 Å². The van der Waals surface area contributed by atoms with Gasteiger partial charge in [0.1, 0.15) is 0 Å². The molecule has 0 saturated heterocycles. The van der Waals surface area contributed by atoms with E-state index in [4.69, 9.17) is 8.85 Å². The van der Waals surface area contributed by atoms with Crippen molar-refractivity contribution in [1.29, 1.82) is 0 Å². The van der Waals surface area contributed by atoms with Crippen molar-refractivity contribution in [3.63, 3.8) is 0 Å². The highest BCUT2D eigenvalue weighted by Gasteiger charge is 2.32. The van der Waals surface area contributed by atoms with E-state index in [2.05, 4.69) is 38.6 Å². The van der Waals surface area contributed by atoms with Gasteiger partial charge in [0.2, 0.25) is 0 Å². The maximum absolute atomic E-state index is 5.51. The molecule has 0 atom stereocenters. The lowest BCUT2D eigenvalue weighted by Gasteiger charge is -2.24. The third-order valence-corrected chi connectivity index (χ3v) is 5.75. The molecular weight excluding hydrogens is 192 g/mol. The minimum atomic E-state index is -2.14. The average Bonchev–Trinajstić information content (AvgIpc) is 2.17. The van der Waals surface area contributed by atoms with Crippen molar-refractivity contribution in [1.82, 2.24) is 0 Å². The number of hydrogen-bond acceptors (Lipinski definition) is 2. The molecule has 0 aliphatic heterocycles. The van der Waals surface area contributed by atoms with Crippen molar-refractivity contribution in [3.8, 4) is 0 Å². The fourth-order valence-corrected chi connectivity index (χ4v) is 3.41. The summed E-state index contributed by atoms with van der Waals surface area (Å²) in [6.07, 6.45) is 0. The van der Waals surface area contributed by atoms with Gasteiger partial charge in [0.05, 0.1) is 0 Å². The van der Waals surface area contributed by atoms with E-state index in [1.807, 2.05) is 0 Å². The molecule has 0 spiro atoms. The van der Waals surface area contributed by atoms with E-state index in [1.165, 1.54) is 16.3 Å². The quantitative estimate of drug-likeness (QED) is 0.709. The summed E-state index contributed by atoms with van der Waals surface area (Å²) in [7, 11) is 1.29. The zero-order valence-corrected chi connectivity index (χ0v) is 10.5. The van der Waals surface area contributed by atoms with Gasteiger partial charge in [0.25, 0.3) is 0 Å². The Morgan fingerprint density at radius 1 is 1.07 bits per heavy atom. The molecule has 1 rings (SSSR count). The molecule has 0 aromatic heterocycles. The fourth-order valence-electron chi connectivity index (χ4n) is 1.63. The molecule has 0 fully saturated rings. The number of hydrogen-bond donors (Lipinski definition) is 0. The Hall–Kier alpha value is -0.643. The second kappa shape index (κ2) is 4.25. The van der Waals surface area contributed by atoms with E-state index in [1.54, 1.807) is 14.2 Å². The van der Waals surface area contributed by atoms with E-state index in [-0.39, 0.29) is 0 Å². The summed E-state index contributed by atoms with van der Waals surface area (Å²) in [5.74, 6) is 0. The summed E-state index contributed by atoms with van der Waals surface area (Å²) in [4.78, 5) is 0. The van der Waals surface area contributed by atoms with Crippen molar-refractivity contribution >= 4 is 13.7 Å². The Bertz CT molecular complexity index is 319. The minimum absolute atomic E-state index is 1.22. The van der Waals surface area contributed by atoms with Crippen LogP contribution in [0.2, 0.25) is 6.55 Å². The van der Waals surface area contributed by atoms with Gasteiger partial charge in [-0.15, -0.1) is 0 Å². The molecule has 0 aliphatic rings. The van der Waals surface area contributed by atoms with Crippen LogP contribution in [0.1, 0.15) is 11.1 Å². The second-order valence-electron chi connectivity index (χ2n) is 3.67. The minimum Gasteiger partial charge on any atom is -0.394 e. The van der Waals surface area contributed by atoms with Crippen molar-refractivity contribution in [2.45, 2.75) is 20.4 Å². The molecule has 0 unspecified atom stereocenters. The van der Waals surface area contributed by atoms with Crippen LogP contribution in [-0.2, 0) is 8.85 Å². The third kappa shape index (κ3) is 2.05. The van der Waals surface area contributed by atoms with Gasteiger partial charge in [0, 0.05) is 14.2 Å². The standard InChI is InChI=1S/C11H18O2Si/c1-9-6-7-11(10(2)8-9)14(5,12-3)13-4/h6-8H,1-5H3. The largest absolute Gasteiger partial charge is 0.394 e. The van der Waals surface area contributed by atoms with Crippen molar-refractivity contribution in [2.24, 2.45) is 0 Å². The summed E-state index contributed by atoms with van der Waals surface area (Å²) in [6, 6.07) is 6.38. The van der Waals surface area contributed by atoms with Crippen LogP contribution in [0.4, 0.5) is 0 Å². The summed E-state index contributed by atoms with van der Waals surface area (Å²) in [6.45, 7) is 6.26. The maximum atomic E-state index is 5.51. The molecule has 0 heterocycles. The van der Waals surface area contributed by atoms with Gasteiger partial charge in [-0.1, -0.05) is 23.8 Å². The van der Waals surface area contributed by atoms with Crippen LogP contribution < -0.4 is 5.19 Å². The lowest BCUT2D eigenvalue weighted by molar-refractivity contribution is 0.265. The highest BCUT2D eigenvalue weighted by molar-refractivity contribution is 6.80. The highest BCUT2D eigenvalue weighted by atomic mass is 28.4. The van der Waals surface area contributed by atoms with Gasteiger partial charge in [-0.3, -0.25) is 0 Å². The van der Waals surface area contributed by atoms with E-state index in [0.29, 0.717) is 0 Å². The van der Waals surface area contributed by atoms with Gasteiger partial charge in [0.15, 0.2) is 0 Å². The van der Waals surface area contributed by atoms with Crippen LogP contribution in [-0.4, -0.2) is 22.8 Å². The molecule has 0 saturated carbocycles. The first kappa shape index (κ1) is 11.4. The Labute approximate surface area is 87.1 Å². The van der Waals surface area contributed by atoms with Gasteiger partial charge in [-0.05, 0) is 31.1 Å². The lowest BCUT2D eigenvalue weighted by atomic mass is 10.2. The monoisotopic (exact) mass is 210 g/mol. The number of benzene rings is 1. The molecule has 0 N–H and O–H groups in total. The maximum Gasteiger partial charge on any atom is 0.369 e. The number of aryl methyl sites for hydroxylation is 2. The van der Waals surface area contributed by atoms with Gasteiger partial charge in [-0.25, -0.2) is 0 Å². The van der Waals surface area contributed by atoms with Crippen molar-refractivity contribution < 1.29 is 8.85 Å². The second-order valence-corrected chi connectivity index (χ2v) is 6.92. The first-order chi connectivity index (χ1) is 6.53. The first-order valence-electron chi connectivity index (χ1n) is 4.71.